The highest BCUT2D eigenvalue weighted by Gasteiger charge is 2.35. The lowest BCUT2D eigenvalue weighted by atomic mass is 10.1. The average Bonchev–Trinajstić information content (AvgIpc) is 3.17. The molecule has 1 aliphatic heterocycles. The van der Waals surface area contributed by atoms with Crippen molar-refractivity contribution in [3.05, 3.63) is 66.1 Å². The minimum atomic E-state index is -0.481. The summed E-state index contributed by atoms with van der Waals surface area (Å²) in [5.41, 5.74) is 2.84. The van der Waals surface area contributed by atoms with Crippen LogP contribution in [0.1, 0.15) is 12.1 Å². The highest BCUT2D eigenvalue weighted by atomic mass is 19.1. The molecule has 0 saturated carbocycles. The van der Waals surface area contributed by atoms with E-state index >= 15 is 0 Å². The van der Waals surface area contributed by atoms with E-state index in [9.17, 15) is 14.0 Å². The van der Waals surface area contributed by atoms with Gasteiger partial charge >= 0.3 is 0 Å². The molecule has 2 N–H and O–H groups in total. The summed E-state index contributed by atoms with van der Waals surface area (Å²) in [7, 11) is 3.83. The Bertz CT molecular complexity index is 1160. The zero-order chi connectivity index (χ0) is 23.5. The molecule has 3 aromatic rings. The predicted molar refractivity (Wildman–Crippen MR) is 126 cm³/mol. The van der Waals surface area contributed by atoms with E-state index in [1.807, 2.05) is 44.1 Å². The van der Waals surface area contributed by atoms with E-state index in [0.717, 1.165) is 17.2 Å². The molecule has 2 amide bonds. The summed E-state index contributed by atoms with van der Waals surface area (Å²) >= 11 is 0. The molecular formula is C24H25FN6O2. The maximum absolute atomic E-state index is 13.2. The van der Waals surface area contributed by atoms with E-state index in [2.05, 4.69) is 20.6 Å². The van der Waals surface area contributed by atoms with Gasteiger partial charge in [0.15, 0.2) is 0 Å². The van der Waals surface area contributed by atoms with Crippen molar-refractivity contribution in [3.8, 4) is 0 Å². The van der Waals surface area contributed by atoms with Gasteiger partial charge in [-0.15, -0.1) is 0 Å². The van der Waals surface area contributed by atoms with Crippen LogP contribution in [0.25, 0.3) is 0 Å². The van der Waals surface area contributed by atoms with Gasteiger partial charge in [-0.3, -0.25) is 9.59 Å². The minimum Gasteiger partial charge on any atom is -0.363 e. The average molecular weight is 449 g/mol. The third-order valence-corrected chi connectivity index (χ3v) is 5.34. The number of carbonyl (C=O) groups is 2. The first kappa shape index (κ1) is 22.2. The molecule has 2 heterocycles. The summed E-state index contributed by atoms with van der Waals surface area (Å²) < 4.78 is 13.2. The maximum atomic E-state index is 13.2. The van der Waals surface area contributed by atoms with Crippen LogP contribution in [0.15, 0.2) is 54.6 Å². The lowest BCUT2D eigenvalue weighted by Gasteiger charge is -2.16. The molecule has 2 aromatic carbocycles. The Kier molecular flexibility index (Phi) is 6.21. The second-order valence-electron chi connectivity index (χ2n) is 8.16. The first-order chi connectivity index (χ1) is 15.8. The molecule has 0 bridgehead atoms. The Labute approximate surface area is 191 Å². The number of nitrogens with one attached hydrogen (secondary N) is 2. The molecule has 1 aromatic heterocycles. The van der Waals surface area contributed by atoms with E-state index in [1.54, 1.807) is 24.3 Å². The van der Waals surface area contributed by atoms with Crippen LogP contribution in [-0.2, 0) is 9.59 Å². The van der Waals surface area contributed by atoms with E-state index in [4.69, 9.17) is 0 Å². The molecular weight excluding hydrogens is 423 g/mol. The Morgan fingerprint density at radius 3 is 2.39 bits per heavy atom. The predicted octanol–water partition coefficient (Wildman–Crippen LogP) is 3.73. The second kappa shape index (κ2) is 9.23. The van der Waals surface area contributed by atoms with Gasteiger partial charge in [0.25, 0.3) is 0 Å². The number of anilines is 5. The Balaban J connectivity index is 1.38. The molecule has 0 aliphatic carbocycles. The van der Waals surface area contributed by atoms with E-state index in [0.29, 0.717) is 17.3 Å². The molecule has 1 fully saturated rings. The molecule has 8 nitrogen and oxygen atoms in total. The van der Waals surface area contributed by atoms with Crippen LogP contribution in [0.2, 0.25) is 0 Å². The van der Waals surface area contributed by atoms with Gasteiger partial charge in [-0.05, 0) is 55.5 Å². The molecule has 1 aliphatic rings. The quantitative estimate of drug-likeness (QED) is 0.597. The third-order valence-electron chi connectivity index (χ3n) is 5.34. The fourth-order valence-corrected chi connectivity index (χ4v) is 3.60. The van der Waals surface area contributed by atoms with Crippen LogP contribution in [0.3, 0.4) is 0 Å². The number of aryl methyl sites for hydroxylation is 1. The van der Waals surface area contributed by atoms with Crippen molar-refractivity contribution in [2.75, 3.05) is 41.1 Å². The summed E-state index contributed by atoms with van der Waals surface area (Å²) in [4.78, 5) is 37.4. The van der Waals surface area contributed by atoms with Gasteiger partial charge in [0.1, 0.15) is 11.6 Å². The van der Waals surface area contributed by atoms with Crippen molar-refractivity contribution in [2.24, 2.45) is 5.92 Å². The van der Waals surface area contributed by atoms with Crippen molar-refractivity contribution in [1.29, 1.82) is 0 Å². The first-order valence-electron chi connectivity index (χ1n) is 10.6. The fraction of sp³-hybridized carbons (Fsp3) is 0.250. The van der Waals surface area contributed by atoms with Gasteiger partial charge in [0.2, 0.25) is 17.8 Å². The number of aromatic nitrogens is 2. The van der Waals surface area contributed by atoms with Gasteiger partial charge in [0.05, 0.1) is 5.92 Å². The SMILES string of the molecule is Cc1cc(N(C)C)nc(Nc2ccc(NC(=O)[C@H]3CC(=O)N(c4ccc(F)cc4)C3)cc2)n1. The number of rotatable bonds is 6. The number of nitrogens with zero attached hydrogens (tertiary/aromatic N) is 4. The first-order valence-corrected chi connectivity index (χ1v) is 10.6. The molecule has 1 saturated heterocycles. The van der Waals surface area contributed by atoms with Gasteiger partial charge in [0, 0.05) is 55.9 Å². The van der Waals surface area contributed by atoms with Gasteiger partial charge in [-0.1, -0.05) is 0 Å². The standard InChI is InChI=1S/C24H25FN6O2/c1-15-12-21(30(2)3)29-24(26-15)28-19-8-6-18(7-9-19)27-23(33)16-13-22(32)31(14-16)20-10-4-17(25)5-11-20/h4-12,16H,13-14H2,1-3H3,(H,27,33)(H,26,28,29)/t16-/m0/s1. The van der Waals surface area contributed by atoms with Crippen molar-refractivity contribution in [3.63, 3.8) is 0 Å². The zero-order valence-electron chi connectivity index (χ0n) is 18.7. The monoisotopic (exact) mass is 448 g/mol. The van der Waals surface area contributed by atoms with Crippen LogP contribution in [0, 0.1) is 18.7 Å². The molecule has 33 heavy (non-hydrogen) atoms. The van der Waals surface area contributed by atoms with Crippen molar-refractivity contribution >= 4 is 40.6 Å². The lowest BCUT2D eigenvalue weighted by Crippen LogP contribution is -2.28. The van der Waals surface area contributed by atoms with Crippen LogP contribution in [0.4, 0.5) is 33.2 Å². The molecule has 1 atom stereocenters. The minimum absolute atomic E-state index is 0.113. The van der Waals surface area contributed by atoms with Gasteiger partial charge in [-0.2, -0.15) is 4.98 Å². The van der Waals surface area contributed by atoms with Crippen molar-refractivity contribution in [1.82, 2.24) is 9.97 Å². The summed E-state index contributed by atoms with van der Waals surface area (Å²) in [5.74, 6) is 0.0496. The Hall–Kier alpha value is -4.01. The van der Waals surface area contributed by atoms with Gasteiger partial charge in [-0.25, -0.2) is 9.37 Å². The van der Waals surface area contributed by atoms with E-state index < -0.39 is 5.92 Å². The number of benzene rings is 2. The van der Waals surface area contributed by atoms with Crippen LogP contribution < -0.4 is 20.4 Å². The number of amides is 2. The summed E-state index contributed by atoms with van der Waals surface area (Å²) in [6.45, 7) is 2.16. The Morgan fingerprint density at radius 2 is 1.73 bits per heavy atom. The molecule has 0 unspecified atom stereocenters. The summed E-state index contributed by atoms with van der Waals surface area (Å²) in [5, 5.41) is 6.04. The molecule has 4 rings (SSSR count). The van der Waals surface area contributed by atoms with Gasteiger partial charge < -0.3 is 20.4 Å². The van der Waals surface area contributed by atoms with Crippen molar-refractivity contribution in [2.45, 2.75) is 13.3 Å². The third kappa shape index (κ3) is 5.25. The highest BCUT2D eigenvalue weighted by molar-refractivity contribution is 6.03. The summed E-state index contributed by atoms with van der Waals surface area (Å²) in [6, 6.07) is 14.8. The number of halogens is 1. The largest absolute Gasteiger partial charge is 0.363 e. The lowest BCUT2D eigenvalue weighted by molar-refractivity contribution is -0.122. The number of hydrogen-bond acceptors (Lipinski definition) is 6. The van der Waals surface area contributed by atoms with E-state index in [1.165, 1.54) is 17.0 Å². The number of hydrogen-bond donors (Lipinski definition) is 2. The second-order valence-corrected chi connectivity index (χ2v) is 8.16. The smallest absolute Gasteiger partial charge is 0.229 e. The number of carbonyl (C=O) groups excluding carboxylic acids is 2. The molecule has 0 spiro atoms. The molecule has 170 valence electrons. The molecule has 9 heteroatoms. The zero-order valence-corrected chi connectivity index (χ0v) is 18.7. The van der Waals surface area contributed by atoms with Crippen LogP contribution in [0.5, 0.6) is 0 Å². The normalized spacial score (nSPS) is 15.5. The Morgan fingerprint density at radius 1 is 1.06 bits per heavy atom. The van der Waals surface area contributed by atoms with Crippen LogP contribution >= 0.6 is 0 Å². The highest BCUT2D eigenvalue weighted by Crippen LogP contribution is 2.27. The molecule has 0 radical (unpaired) electrons. The summed E-state index contributed by atoms with van der Waals surface area (Å²) in [6.07, 6.45) is 0.113. The topological polar surface area (TPSA) is 90.5 Å². The van der Waals surface area contributed by atoms with E-state index in [-0.39, 0.29) is 30.6 Å². The fourth-order valence-electron chi connectivity index (χ4n) is 3.60. The maximum Gasteiger partial charge on any atom is 0.229 e. The van der Waals surface area contributed by atoms with Crippen molar-refractivity contribution < 1.29 is 14.0 Å². The van der Waals surface area contributed by atoms with Crippen LogP contribution in [-0.4, -0.2) is 42.4 Å².